The Balaban J connectivity index is 1.98. The number of likely N-dealkylation sites (tertiary alicyclic amines) is 1. The summed E-state index contributed by atoms with van der Waals surface area (Å²) in [7, 11) is 1.96. The fourth-order valence-corrected chi connectivity index (χ4v) is 3.58. The minimum Gasteiger partial charge on any atom is -0.394 e. The maximum Gasteiger partial charge on any atom is 0.0623 e. The first-order chi connectivity index (χ1) is 8.18. The summed E-state index contributed by atoms with van der Waals surface area (Å²) in [4.78, 5) is 2.64. The van der Waals surface area contributed by atoms with E-state index in [1.165, 1.54) is 45.1 Å². The Morgan fingerprint density at radius 1 is 1.24 bits per heavy atom. The summed E-state index contributed by atoms with van der Waals surface area (Å²) in [6, 6.07) is 0.789. The topological polar surface area (TPSA) is 35.5 Å². The Morgan fingerprint density at radius 3 is 2.65 bits per heavy atom. The lowest BCUT2D eigenvalue weighted by atomic mass is 9.78. The Hall–Kier alpha value is -0.120. The molecule has 100 valence electrons. The predicted octanol–water partition coefficient (Wildman–Crippen LogP) is 1.61. The lowest BCUT2D eigenvalue weighted by molar-refractivity contribution is 0.0271. The lowest BCUT2D eigenvalue weighted by Crippen LogP contribution is -2.57. The van der Waals surface area contributed by atoms with Gasteiger partial charge in [-0.15, -0.1) is 0 Å². The van der Waals surface area contributed by atoms with Crippen molar-refractivity contribution in [3.8, 4) is 0 Å². The summed E-state index contributed by atoms with van der Waals surface area (Å²) in [5.41, 5.74) is -0.140. The fraction of sp³-hybridized carbons (Fsp3) is 1.00. The molecule has 2 fully saturated rings. The molecule has 1 aliphatic carbocycles. The van der Waals surface area contributed by atoms with Crippen molar-refractivity contribution < 1.29 is 5.11 Å². The molecule has 1 saturated carbocycles. The second-order valence-corrected chi connectivity index (χ2v) is 6.19. The molecule has 0 aromatic carbocycles. The number of aliphatic hydroxyl groups is 1. The molecule has 2 rings (SSSR count). The third kappa shape index (κ3) is 3.01. The van der Waals surface area contributed by atoms with Crippen LogP contribution in [0, 0.1) is 5.92 Å². The molecule has 2 N–H and O–H groups in total. The maximum absolute atomic E-state index is 9.52. The summed E-state index contributed by atoms with van der Waals surface area (Å²) in [5, 5.41) is 12.8. The van der Waals surface area contributed by atoms with Gasteiger partial charge in [-0.2, -0.15) is 0 Å². The van der Waals surface area contributed by atoms with Crippen LogP contribution in [0.1, 0.15) is 45.4 Å². The molecule has 3 atom stereocenters. The average Bonchev–Trinajstić information content (AvgIpc) is 2.39. The van der Waals surface area contributed by atoms with Crippen molar-refractivity contribution in [2.75, 3.05) is 26.7 Å². The van der Waals surface area contributed by atoms with Crippen LogP contribution in [-0.4, -0.2) is 48.3 Å². The molecule has 0 aromatic rings. The molecule has 0 spiro atoms. The third-order valence-electron chi connectivity index (χ3n) is 4.86. The van der Waals surface area contributed by atoms with Crippen molar-refractivity contribution in [3.63, 3.8) is 0 Å². The van der Waals surface area contributed by atoms with Crippen LogP contribution in [0.25, 0.3) is 0 Å². The number of piperidine rings is 1. The lowest BCUT2D eigenvalue weighted by Gasteiger charge is -2.47. The Bertz CT molecular complexity index is 238. The van der Waals surface area contributed by atoms with Crippen LogP contribution >= 0.6 is 0 Å². The highest BCUT2D eigenvalue weighted by molar-refractivity contribution is 4.92. The smallest absolute Gasteiger partial charge is 0.0623 e. The molecule has 0 radical (unpaired) electrons. The van der Waals surface area contributed by atoms with E-state index in [1.807, 2.05) is 7.05 Å². The minimum absolute atomic E-state index is 0.140. The summed E-state index contributed by atoms with van der Waals surface area (Å²) in [6.07, 6.45) is 8.39. The van der Waals surface area contributed by atoms with E-state index in [0.29, 0.717) is 0 Å². The van der Waals surface area contributed by atoms with E-state index < -0.39 is 0 Å². The summed E-state index contributed by atoms with van der Waals surface area (Å²) in [6.45, 7) is 4.55. The zero-order valence-corrected chi connectivity index (χ0v) is 11.4. The number of nitrogens with zero attached hydrogens (tertiary/aromatic N) is 1. The van der Waals surface area contributed by atoms with Crippen LogP contribution in [0.4, 0.5) is 0 Å². The van der Waals surface area contributed by atoms with Crippen LogP contribution < -0.4 is 5.32 Å². The zero-order chi connectivity index (χ0) is 12.3. The quantitative estimate of drug-likeness (QED) is 0.784. The van der Waals surface area contributed by atoms with Gasteiger partial charge in [0.15, 0.2) is 0 Å². The third-order valence-corrected chi connectivity index (χ3v) is 4.86. The Morgan fingerprint density at radius 2 is 1.94 bits per heavy atom. The minimum atomic E-state index is -0.140. The fourth-order valence-electron chi connectivity index (χ4n) is 3.58. The van der Waals surface area contributed by atoms with E-state index >= 15 is 0 Å². The van der Waals surface area contributed by atoms with E-state index in [-0.39, 0.29) is 12.1 Å². The number of rotatable bonds is 4. The molecule has 0 aromatic heterocycles. The Labute approximate surface area is 106 Å². The van der Waals surface area contributed by atoms with Crippen molar-refractivity contribution in [1.29, 1.82) is 0 Å². The maximum atomic E-state index is 9.52. The number of likely N-dealkylation sites (N-methyl/N-ethyl adjacent to an activating group) is 1. The molecule has 17 heavy (non-hydrogen) atoms. The summed E-state index contributed by atoms with van der Waals surface area (Å²) < 4.78 is 0. The van der Waals surface area contributed by atoms with Crippen LogP contribution in [0.5, 0.6) is 0 Å². The van der Waals surface area contributed by atoms with E-state index in [4.69, 9.17) is 0 Å². The van der Waals surface area contributed by atoms with Gasteiger partial charge in [0.1, 0.15) is 0 Å². The molecule has 3 unspecified atom stereocenters. The first-order valence-corrected chi connectivity index (χ1v) is 7.22. The zero-order valence-electron chi connectivity index (χ0n) is 11.4. The van der Waals surface area contributed by atoms with E-state index in [0.717, 1.165) is 18.5 Å². The number of aliphatic hydroxyl groups excluding tert-OH is 1. The molecule has 2 aliphatic rings. The van der Waals surface area contributed by atoms with Gasteiger partial charge in [-0.3, -0.25) is 4.90 Å². The van der Waals surface area contributed by atoms with E-state index in [9.17, 15) is 5.11 Å². The number of fused-ring (bicyclic) bond motifs is 1. The van der Waals surface area contributed by atoms with Crippen molar-refractivity contribution in [3.05, 3.63) is 0 Å². The molecule has 0 amide bonds. The highest BCUT2D eigenvalue weighted by atomic mass is 16.3. The normalized spacial score (nSPS) is 34.1. The molecular weight excluding hydrogens is 212 g/mol. The highest BCUT2D eigenvalue weighted by Gasteiger charge is 2.36. The van der Waals surface area contributed by atoms with Crippen LogP contribution in [0.3, 0.4) is 0 Å². The largest absolute Gasteiger partial charge is 0.394 e. The highest BCUT2D eigenvalue weighted by Crippen LogP contribution is 2.35. The molecule has 0 bridgehead atoms. The molecule has 1 aliphatic heterocycles. The second kappa shape index (κ2) is 5.68. The van der Waals surface area contributed by atoms with Gasteiger partial charge >= 0.3 is 0 Å². The molecular formula is C14H28N2O. The van der Waals surface area contributed by atoms with Gasteiger partial charge in [0.2, 0.25) is 0 Å². The van der Waals surface area contributed by atoms with Gasteiger partial charge in [-0.05, 0) is 52.1 Å². The van der Waals surface area contributed by atoms with Crippen molar-refractivity contribution >= 4 is 0 Å². The SMILES string of the molecule is CNC(C)(CO)CN1CCCC2CCCCC21. The molecule has 1 saturated heterocycles. The summed E-state index contributed by atoms with van der Waals surface area (Å²) in [5.74, 6) is 0.928. The standard InChI is InChI=1S/C14H28N2O/c1-14(11-17,15-2)10-16-9-5-7-12-6-3-4-8-13(12)16/h12-13,15,17H,3-11H2,1-2H3. The van der Waals surface area contributed by atoms with Gasteiger partial charge in [0.25, 0.3) is 0 Å². The molecule has 1 heterocycles. The van der Waals surface area contributed by atoms with Gasteiger partial charge < -0.3 is 10.4 Å². The number of nitrogens with one attached hydrogen (secondary N) is 1. The van der Waals surface area contributed by atoms with E-state index in [1.54, 1.807) is 0 Å². The first-order valence-electron chi connectivity index (χ1n) is 7.22. The average molecular weight is 240 g/mol. The monoisotopic (exact) mass is 240 g/mol. The van der Waals surface area contributed by atoms with Gasteiger partial charge in [-0.1, -0.05) is 12.8 Å². The van der Waals surface area contributed by atoms with Crippen molar-refractivity contribution in [1.82, 2.24) is 10.2 Å². The van der Waals surface area contributed by atoms with Crippen LogP contribution in [0.15, 0.2) is 0 Å². The second-order valence-electron chi connectivity index (χ2n) is 6.19. The molecule has 3 heteroatoms. The van der Waals surface area contributed by atoms with Gasteiger partial charge in [0, 0.05) is 12.6 Å². The predicted molar refractivity (Wildman–Crippen MR) is 71.1 cm³/mol. The first kappa shape index (κ1) is 13.3. The van der Waals surface area contributed by atoms with Gasteiger partial charge in [-0.25, -0.2) is 0 Å². The van der Waals surface area contributed by atoms with Crippen molar-refractivity contribution in [2.45, 2.75) is 57.0 Å². The van der Waals surface area contributed by atoms with Gasteiger partial charge in [0.05, 0.1) is 12.1 Å². The summed E-state index contributed by atoms with van der Waals surface area (Å²) >= 11 is 0. The van der Waals surface area contributed by atoms with Crippen LogP contribution in [-0.2, 0) is 0 Å². The molecule has 3 nitrogen and oxygen atoms in total. The number of hydrogen-bond acceptors (Lipinski definition) is 3. The number of hydrogen-bond donors (Lipinski definition) is 2. The van der Waals surface area contributed by atoms with E-state index in [2.05, 4.69) is 17.1 Å². The Kier molecular flexibility index (Phi) is 4.45. The van der Waals surface area contributed by atoms with Crippen LogP contribution in [0.2, 0.25) is 0 Å². The van der Waals surface area contributed by atoms with Crippen molar-refractivity contribution in [2.24, 2.45) is 5.92 Å².